The highest BCUT2D eigenvalue weighted by atomic mass is 32.2. The molecule has 3 heterocycles. The van der Waals surface area contributed by atoms with Crippen LogP contribution in [0.2, 0.25) is 0 Å². The molecule has 3 fully saturated rings. The Morgan fingerprint density at radius 2 is 1.94 bits per heavy atom. The fourth-order valence-corrected chi connectivity index (χ4v) is 8.43. The van der Waals surface area contributed by atoms with Gasteiger partial charge in [0, 0.05) is 24.4 Å². The molecule has 2 aromatic rings. The molecule has 0 radical (unpaired) electrons. The number of alkyl halides is 3. The minimum Gasteiger partial charge on any atom is -0.472 e. The van der Waals surface area contributed by atoms with E-state index in [1.165, 1.54) is 12.3 Å². The third kappa shape index (κ3) is 8.45. The smallest absolute Gasteiger partial charge is 0.389 e. The minimum absolute atomic E-state index is 0.0313. The molecule has 1 aromatic heterocycles. The fourth-order valence-electron chi connectivity index (χ4n) is 7.05. The van der Waals surface area contributed by atoms with Crippen LogP contribution in [-0.4, -0.2) is 78.6 Å². The van der Waals surface area contributed by atoms with Gasteiger partial charge in [0.2, 0.25) is 27.7 Å². The van der Waals surface area contributed by atoms with E-state index in [0.29, 0.717) is 37.5 Å². The summed E-state index contributed by atoms with van der Waals surface area (Å²) in [5.74, 6) is -5.74. The van der Waals surface area contributed by atoms with Crippen molar-refractivity contribution in [3.8, 4) is 5.88 Å². The van der Waals surface area contributed by atoms with Crippen LogP contribution in [0.15, 0.2) is 49.2 Å². The molecule has 4 aliphatic rings. The number of ketones is 1. The zero-order valence-corrected chi connectivity index (χ0v) is 28.7. The lowest BCUT2D eigenvalue weighted by atomic mass is 9.91. The van der Waals surface area contributed by atoms with Crippen LogP contribution in [0.3, 0.4) is 0 Å². The van der Waals surface area contributed by atoms with Gasteiger partial charge in [-0.25, -0.2) is 13.4 Å². The lowest BCUT2D eigenvalue weighted by Gasteiger charge is -2.29. The van der Waals surface area contributed by atoms with Crippen molar-refractivity contribution < 1.29 is 50.2 Å². The van der Waals surface area contributed by atoms with Gasteiger partial charge in [-0.2, -0.15) is 13.2 Å². The number of hydrogen-bond acceptors (Lipinski definition) is 9. The average Bonchev–Trinajstić information content (AvgIpc) is 3.99. The largest absolute Gasteiger partial charge is 0.472 e. The summed E-state index contributed by atoms with van der Waals surface area (Å²) < 4.78 is 80.3. The molecule has 6 rings (SSSR count). The predicted octanol–water partition coefficient (Wildman–Crippen LogP) is 5.04. The number of ether oxygens (including phenoxy) is 2. The maximum atomic E-state index is 14.1. The maximum absolute atomic E-state index is 14.1. The Balaban J connectivity index is 1.33. The molecule has 15 heteroatoms. The third-order valence-corrected chi connectivity index (χ3v) is 11.9. The van der Waals surface area contributed by atoms with Gasteiger partial charge in [-0.15, -0.1) is 6.58 Å². The van der Waals surface area contributed by atoms with E-state index in [0.717, 1.165) is 15.8 Å². The van der Waals surface area contributed by atoms with E-state index in [9.17, 15) is 40.8 Å². The highest BCUT2D eigenvalue weighted by molar-refractivity contribution is 7.90. The number of sulfonamides is 1. The van der Waals surface area contributed by atoms with Crippen LogP contribution in [0.1, 0.15) is 69.8 Å². The number of aromatic nitrogens is 1. The number of cyclic esters (lactones) is 1. The van der Waals surface area contributed by atoms with Crippen molar-refractivity contribution in [3.05, 3.63) is 54.8 Å². The normalized spacial score (nSPS) is 28.2. The zero-order valence-electron chi connectivity index (χ0n) is 27.9. The van der Waals surface area contributed by atoms with Crippen LogP contribution >= 0.6 is 0 Å². The predicted molar refractivity (Wildman–Crippen MR) is 179 cm³/mol. The van der Waals surface area contributed by atoms with Gasteiger partial charge in [0.15, 0.2) is 5.78 Å². The van der Waals surface area contributed by atoms with Gasteiger partial charge in [0.25, 0.3) is 0 Å². The van der Waals surface area contributed by atoms with Crippen LogP contribution in [0.5, 0.6) is 5.88 Å². The van der Waals surface area contributed by atoms with Crippen LogP contribution < -0.4 is 9.46 Å². The number of rotatable bonds is 8. The van der Waals surface area contributed by atoms with Crippen molar-refractivity contribution in [1.82, 2.24) is 14.6 Å². The SMILES string of the molecule is C=C[C@H]1C[C@]1(CC(=O)[C@@H]1C[C@@H]2CN1C(=O)[C@@H](CC(F)(F)F)CC(=O)OCCCC/C=C/c1ccc3ccnc(c3c1)O2)C(=O)NS(=O)(=O)C1CC1. The number of carbonyl (C=O) groups is 4. The van der Waals surface area contributed by atoms with Crippen LogP contribution in [0.4, 0.5) is 13.2 Å². The van der Waals surface area contributed by atoms with Gasteiger partial charge in [-0.1, -0.05) is 30.4 Å². The van der Waals surface area contributed by atoms with E-state index in [4.69, 9.17) is 9.47 Å². The molecular formula is C36H40F3N3O8S. The number of nitrogens with one attached hydrogen (secondary N) is 1. The Morgan fingerprint density at radius 3 is 2.65 bits per heavy atom. The molecule has 2 amide bonds. The van der Waals surface area contributed by atoms with E-state index >= 15 is 0 Å². The molecule has 1 saturated heterocycles. The number of hydrogen-bond donors (Lipinski definition) is 1. The number of nitrogens with zero attached hydrogens (tertiary/aromatic N) is 2. The Morgan fingerprint density at radius 1 is 1.16 bits per heavy atom. The molecule has 2 saturated carbocycles. The second-order valence-electron chi connectivity index (χ2n) is 13.9. The summed E-state index contributed by atoms with van der Waals surface area (Å²) in [5, 5.41) is 0.769. The van der Waals surface area contributed by atoms with E-state index in [1.807, 2.05) is 30.4 Å². The van der Waals surface area contributed by atoms with Crippen LogP contribution in [0.25, 0.3) is 16.8 Å². The molecule has 1 aromatic carbocycles. The second kappa shape index (κ2) is 14.4. The highest BCUT2D eigenvalue weighted by Crippen LogP contribution is 2.57. The maximum Gasteiger partial charge on any atom is 0.389 e. The quantitative estimate of drug-likeness (QED) is 0.291. The number of fused-ring (bicyclic) bond motifs is 3. The third-order valence-electron chi connectivity index (χ3n) is 10.1. The number of carbonyl (C=O) groups excluding carboxylic acids is 4. The molecule has 11 nitrogen and oxygen atoms in total. The van der Waals surface area contributed by atoms with Gasteiger partial charge in [-0.3, -0.25) is 23.9 Å². The molecule has 1 N–H and O–H groups in total. The molecule has 4 bridgehead atoms. The topological polar surface area (TPSA) is 149 Å². The van der Waals surface area contributed by atoms with E-state index < -0.39 is 93.7 Å². The lowest BCUT2D eigenvalue weighted by Crippen LogP contribution is -2.47. The summed E-state index contributed by atoms with van der Waals surface area (Å²) in [5.41, 5.74) is -0.583. The number of pyridine rings is 1. The summed E-state index contributed by atoms with van der Waals surface area (Å²) in [6.07, 6.45) is 0.822. The Hall–Kier alpha value is -4.27. The second-order valence-corrected chi connectivity index (χ2v) is 15.9. The van der Waals surface area contributed by atoms with E-state index in [-0.39, 0.29) is 31.9 Å². The zero-order chi connectivity index (χ0) is 36.6. The molecular weight excluding hydrogens is 691 g/mol. The standard InChI is InChI=1S/C36H40F3N3O8S/c1-2-25-19-35(25,34(46)41-51(47,48)27-10-11-27)20-30(43)29-17-26-21-42(29)33(45)24(18-36(37,38)39)16-31(44)49-14-6-4-3-5-7-22-8-9-23-12-13-40-32(50-26)28(23)15-22/h2,5,7-9,12-13,15,24-27,29H,1,3-4,6,10-11,14,16-21H2,(H,41,46)/b7-5+/t24-,25+,26-,29+,35-/m1/s1. The van der Waals surface area contributed by atoms with Crippen molar-refractivity contribution in [2.24, 2.45) is 17.3 Å². The highest BCUT2D eigenvalue weighted by Gasteiger charge is 2.61. The number of amides is 2. The van der Waals surface area contributed by atoms with Crippen LogP contribution in [0, 0.1) is 17.3 Å². The molecule has 274 valence electrons. The lowest BCUT2D eigenvalue weighted by molar-refractivity contribution is -0.166. The average molecular weight is 732 g/mol. The number of halogens is 3. The van der Waals surface area contributed by atoms with Gasteiger partial charge >= 0.3 is 12.1 Å². The summed E-state index contributed by atoms with van der Waals surface area (Å²) in [6, 6.07) is 6.16. The Kier molecular flexibility index (Phi) is 10.3. The molecule has 51 heavy (non-hydrogen) atoms. The van der Waals surface area contributed by atoms with Crippen molar-refractivity contribution >= 4 is 50.4 Å². The van der Waals surface area contributed by atoms with Gasteiger partial charge in [-0.05, 0) is 67.5 Å². The van der Waals surface area contributed by atoms with E-state index in [2.05, 4.69) is 16.3 Å². The minimum atomic E-state index is -4.82. The first-order valence-corrected chi connectivity index (χ1v) is 18.7. The van der Waals surface area contributed by atoms with Crippen LogP contribution in [-0.2, 0) is 33.9 Å². The summed E-state index contributed by atoms with van der Waals surface area (Å²) in [7, 11) is -3.94. The molecule has 2 aliphatic heterocycles. The number of allylic oxidation sites excluding steroid dienone is 2. The van der Waals surface area contributed by atoms with Gasteiger partial charge < -0.3 is 14.4 Å². The number of Topliss-reactive ketones (excluding diaryl/α,β-unsaturated/α-hetero) is 1. The molecule has 5 atom stereocenters. The molecule has 2 aliphatic carbocycles. The first kappa shape index (κ1) is 36.5. The first-order chi connectivity index (χ1) is 24.2. The van der Waals surface area contributed by atoms with Crippen molar-refractivity contribution in [2.75, 3.05) is 13.2 Å². The Labute approximate surface area is 293 Å². The number of esters is 1. The Bertz CT molecular complexity index is 1860. The molecule has 0 spiro atoms. The fraction of sp³-hybridized carbons (Fsp3) is 0.528. The van der Waals surface area contributed by atoms with Crippen molar-refractivity contribution in [1.29, 1.82) is 0 Å². The van der Waals surface area contributed by atoms with Gasteiger partial charge in [0.05, 0.1) is 48.6 Å². The monoisotopic (exact) mass is 731 g/mol. The first-order valence-electron chi connectivity index (χ1n) is 17.2. The summed E-state index contributed by atoms with van der Waals surface area (Å²) in [6.45, 7) is 3.39. The van der Waals surface area contributed by atoms with Gasteiger partial charge in [0.1, 0.15) is 6.10 Å². The summed E-state index contributed by atoms with van der Waals surface area (Å²) >= 11 is 0. The van der Waals surface area contributed by atoms with Crippen molar-refractivity contribution in [3.63, 3.8) is 0 Å². The number of benzene rings is 1. The molecule has 0 unspecified atom stereocenters. The summed E-state index contributed by atoms with van der Waals surface area (Å²) in [4.78, 5) is 59.7. The van der Waals surface area contributed by atoms with Crippen molar-refractivity contribution in [2.45, 2.75) is 87.8 Å². The van der Waals surface area contributed by atoms with E-state index in [1.54, 1.807) is 6.07 Å².